The molecule has 25 heavy (non-hydrogen) atoms. The van der Waals surface area contributed by atoms with Gasteiger partial charge in [0.15, 0.2) is 5.75 Å². The largest absolute Gasteiger partial charge is 0.451 e. The summed E-state index contributed by atoms with van der Waals surface area (Å²) in [5.74, 6) is -0.108. The maximum absolute atomic E-state index is 13.1. The first-order valence-corrected chi connectivity index (χ1v) is 7.59. The lowest BCUT2D eigenvalue weighted by atomic mass is 10.1. The zero-order valence-electron chi connectivity index (χ0n) is 13.6. The van der Waals surface area contributed by atoms with E-state index in [9.17, 15) is 9.18 Å². The van der Waals surface area contributed by atoms with Crippen LogP contribution in [0.4, 0.5) is 9.18 Å². The normalized spacial score (nSPS) is 11.0. The highest BCUT2D eigenvalue weighted by atomic mass is 35.5. The molecule has 8 heteroatoms. The van der Waals surface area contributed by atoms with Gasteiger partial charge in [0.25, 0.3) is 0 Å². The Labute approximate surface area is 149 Å². The van der Waals surface area contributed by atoms with Crippen LogP contribution in [0.5, 0.6) is 5.75 Å². The predicted octanol–water partition coefficient (Wildman–Crippen LogP) is 4.07. The molecule has 0 aromatic heterocycles. The molecule has 1 N–H and O–H groups in total. The molecule has 6 nitrogen and oxygen atoms in total. The highest BCUT2D eigenvalue weighted by molar-refractivity contribution is 6.32. The Morgan fingerprint density at radius 2 is 2.08 bits per heavy atom. The second-order valence-corrected chi connectivity index (χ2v) is 5.33. The van der Waals surface area contributed by atoms with E-state index < -0.39 is 6.09 Å². The first kappa shape index (κ1) is 18.5. The molecule has 2 aromatic rings. The van der Waals surface area contributed by atoms with Gasteiger partial charge < -0.3 is 14.4 Å². The van der Waals surface area contributed by atoms with Crippen molar-refractivity contribution in [2.45, 2.75) is 13.5 Å². The van der Waals surface area contributed by atoms with E-state index in [0.29, 0.717) is 21.9 Å². The van der Waals surface area contributed by atoms with Crippen LogP contribution in [-0.2, 0) is 16.2 Å². The van der Waals surface area contributed by atoms with Crippen molar-refractivity contribution in [2.24, 2.45) is 5.16 Å². The summed E-state index contributed by atoms with van der Waals surface area (Å²) in [5.41, 5.74) is 3.96. The van der Waals surface area contributed by atoms with Gasteiger partial charge in [0.1, 0.15) is 12.4 Å². The van der Waals surface area contributed by atoms with Crippen LogP contribution in [0.2, 0.25) is 5.02 Å². The lowest BCUT2D eigenvalue weighted by molar-refractivity contribution is 0.118. The molecule has 2 aromatic carbocycles. The third-order valence-electron chi connectivity index (χ3n) is 3.10. The number of ether oxygens (including phenoxy) is 1. The fraction of sp³-hybridized carbons (Fsp3) is 0.176. The molecule has 0 spiro atoms. The molecule has 0 aliphatic rings. The fourth-order valence-corrected chi connectivity index (χ4v) is 1.98. The minimum absolute atomic E-state index is 0.135. The molecule has 2 rings (SSSR count). The number of hydrogen-bond donors (Lipinski definition) is 1. The van der Waals surface area contributed by atoms with Crippen LogP contribution in [0.3, 0.4) is 0 Å². The molecule has 0 fully saturated rings. The molecule has 0 radical (unpaired) electrons. The van der Waals surface area contributed by atoms with Crippen LogP contribution < -0.4 is 10.3 Å². The van der Waals surface area contributed by atoms with Crippen LogP contribution in [-0.4, -0.2) is 18.9 Å². The van der Waals surface area contributed by atoms with Crippen molar-refractivity contribution in [1.29, 1.82) is 0 Å². The van der Waals surface area contributed by atoms with Crippen LogP contribution in [0.25, 0.3) is 0 Å². The number of nitrogens with one attached hydrogen (secondary N) is 1. The van der Waals surface area contributed by atoms with Gasteiger partial charge in [-0.05, 0) is 36.8 Å². The number of methoxy groups -OCH3 is 1. The van der Waals surface area contributed by atoms with E-state index in [1.54, 1.807) is 37.3 Å². The zero-order chi connectivity index (χ0) is 18.2. The maximum Gasteiger partial charge on any atom is 0.440 e. The van der Waals surface area contributed by atoms with E-state index in [1.165, 1.54) is 19.2 Å². The van der Waals surface area contributed by atoms with Crippen LogP contribution in [0.1, 0.15) is 18.1 Å². The lowest BCUT2D eigenvalue weighted by Crippen LogP contribution is -2.26. The predicted molar refractivity (Wildman–Crippen MR) is 91.0 cm³/mol. The molecule has 1 amide bonds. The number of halogens is 2. The molecule has 0 saturated carbocycles. The van der Waals surface area contributed by atoms with Crippen LogP contribution in [0.15, 0.2) is 47.6 Å². The minimum atomic E-state index is -0.759. The first-order valence-electron chi connectivity index (χ1n) is 7.21. The molecule has 132 valence electrons. The number of hydroxylamine groups is 1. The van der Waals surface area contributed by atoms with Gasteiger partial charge in [0, 0.05) is 5.56 Å². The van der Waals surface area contributed by atoms with Crippen molar-refractivity contribution in [3.05, 3.63) is 64.4 Å². The third kappa shape index (κ3) is 5.65. The summed E-state index contributed by atoms with van der Waals surface area (Å²) in [4.78, 5) is 21.4. The average molecular weight is 367 g/mol. The van der Waals surface area contributed by atoms with Crippen molar-refractivity contribution in [2.75, 3.05) is 7.11 Å². The number of benzene rings is 2. The monoisotopic (exact) mass is 366 g/mol. The summed E-state index contributed by atoms with van der Waals surface area (Å²) >= 11 is 6.00. The topological polar surface area (TPSA) is 69.2 Å². The van der Waals surface area contributed by atoms with Crippen LogP contribution >= 0.6 is 11.6 Å². The van der Waals surface area contributed by atoms with Crippen molar-refractivity contribution in [1.82, 2.24) is 5.48 Å². The molecule has 0 aliphatic carbocycles. The van der Waals surface area contributed by atoms with E-state index in [2.05, 4.69) is 15.4 Å². The Bertz CT molecular complexity index is 783. The van der Waals surface area contributed by atoms with Gasteiger partial charge in [-0.3, -0.25) is 0 Å². The van der Waals surface area contributed by atoms with Crippen molar-refractivity contribution < 1.29 is 23.6 Å². The highest BCUT2D eigenvalue weighted by Gasteiger charge is 2.08. The van der Waals surface area contributed by atoms with E-state index in [0.717, 1.165) is 0 Å². The summed E-state index contributed by atoms with van der Waals surface area (Å²) < 4.78 is 17.5. The average Bonchev–Trinajstić information content (AvgIpc) is 2.60. The van der Waals surface area contributed by atoms with Gasteiger partial charge >= 0.3 is 6.09 Å². The Morgan fingerprint density at radius 3 is 2.80 bits per heavy atom. The van der Waals surface area contributed by atoms with Gasteiger partial charge in [0.05, 0.1) is 17.8 Å². The number of rotatable bonds is 6. The Balaban J connectivity index is 2.02. The second-order valence-electron chi connectivity index (χ2n) is 4.92. The van der Waals surface area contributed by atoms with Gasteiger partial charge in [-0.2, -0.15) is 5.48 Å². The lowest BCUT2D eigenvalue weighted by Gasteiger charge is -2.09. The molecule has 0 saturated heterocycles. The van der Waals surface area contributed by atoms with Crippen LogP contribution in [0, 0.1) is 5.82 Å². The summed E-state index contributed by atoms with van der Waals surface area (Å²) in [6.45, 7) is 1.86. The van der Waals surface area contributed by atoms with Crippen molar-refractivity contribution >= 4 is 23.4 Å². The summed E-state index contributed by atoms with van der Waals surface area (Å²) in [7, 11) is 1.21. The number of amides is 1. The Morgan fingerprint density at radius 1 is 1.28 bits per heavy atom. The summed E-state index contributed by atoms with van der Waals surface area (Å²) in [5, 5.41) is 4.28. The molecule has 0 unspecified atom stereocenters. The number of carbonyl (C=O) groups is 1. The van der Waals surface area contributed by atoms with Gasteiger partial charge in [-0.15, -0.1) is 0 Å². The SMILES string of the molecule is COC(=O)NOc1cc(C(C)=NOCc2cccc(F)c2)ccc1Cl. The summed E-state index contributed by atoms with van der Waals surface area (Å²) in [6, 6.07) is 11.0. The van der Waals surface area contributed by atoms with Crippen molar-refractivity contribution in [3.8, 4) is 5.75 Å². The van der Waals surface area contributed by atoms with E-state index >= 15 is 0 Å². The summed E-state index contributed by atoms with van der Waals surface area (Å²) in [6.07, 6.45) is -0.759. The van der Waals surface area contributed by atoms with Gasteiger partial charge in [-0.25, -0.2) is 9.18 Å². The molecule has 0 bridgehead atoms. The number of oxime groups is 1. The second kappa shape index (κ2) is 8.89. The molecule has 0 aliphatic heterocycles. The standard InChI is InChI=1S/C17H16ClFN2O4/c1-11(20-24-10-12-4-3-5-14(19)8-12)13-6-7-15(18)16(9-13)25-21-17(22)23-2/h3-9H,10H2,1-2H3,(H,21,22). The molecular formula is C17H16ClFN2O4. The maximum atomic E-state index is 13.1. The van der Waals surface area contributed by atoms with E-state index in [4.69, 9.17) is 21.3 Å². The molecular weight excluding hydrogens is 351 g/mol. The highest BCUT2D eigenvalue weighted by Crippen LogP contribution is 2.25. The molecule has 0 atom stereocenters. The third-order valence-corrected chi connectivity index (χ3v) is 3.41. The fourth-order valence-electron chi connectivity index (χ4n) is 1.83. The smallest absolute Gasteiger partial charge is 0.440 e. The Hall–Kier alpha value is -2.80. The van der Waals surface area contributed by atoms with Gasteiger partial charge in [0.2, 0.25) is 0 Å². The Kier molecular flexibility index (Phi) is 6.59. The number of carbonyl (C=O) groups excluding carboxylic acids is 1. The van der Waals surface area contributed by atoms with E-state index in [-0.39, 0.29) is 18.2 Å². The number of nitrogens with zero attached hydrogens (tertiary/aromatic N) is 1. The van der Waals surface area contributed by atoms with E-state index in [1.807, 2.05) is 0 Å². The number of hydrogen-bond acceptors (Lipinski definition) is 5. The van der Waals surface area contributed by atoms with Gasteiger partial charge in [-0.1, -0.05) is 35.0 Å². The molecule has 0 heterocycles. The first-order chi connectivity index (χ1) is 12.0. The quantitative estimate of drug-likeness (QED) is 0.618. The van der Waals surface area contributed by atoms with Crippen molar-refractivity contribution in [3.63, 3.8) is 0 Å². The minimum Gasteiger partial charge on any atom is -0.451 e. The zero-order valence-corrected chi connectivity index (χ0v) is 14.3.